The van der Waals surface area contributed by atoms with Crippen molar-refractivity contribution in [3.8, 4) is 0 Å². The zero-order valence-electron chi connectivity index (χ0n) is 23.9. The minimum Gasteiger partial charge on any atom is -0.384 e. The van der Waals surface area contributed by atoms with Crippen LogP contribution in [0.2, 0.25) is 0 Å². The monoisotopic (exact) mass is 557 g/mol. The zero-order valence-corrected chi connectivity index (χ0v) is 23.9. The number of nitrogens with zero attached hydrogens (tertiary/aromatic N) is 2. The minimum atomic E-state index is -0.496. The third-order valence-electron chi connectivity index (χ3n) is 9.73. The average molecular weight is 558 g/mol. The Balaban J connectivity index is 1.04. The number of carbonyl (C=O) groups excluding carboxylic acids is 3. The van der Waals surface area contributed by atoms with Gasteiger partial charge in [-0.25, -0.2) is 4.98 Å². The first kappa shape index (κ1) is 27.7. The van der Waals surface area contributed by atoms with Gasteiger partial charge in [0.1, 0.15) is 5.82 Å². The molecule has 1 aromatic carbocycles. The van der Waals surface area contributed by atoms with Crippen molar-refractivity contribution in [2.45, 2.75) is 102 Å². The van der Waals surface area contributed by atoms with E-state index in [4.69, 9.17) is 10.7 Å². The van der Waals surface area contributed by atoms with Gasteiger partial charge in [-0.3, -0.25) is 14.4 Å². The highest BCUT2D eigenvalue weighted by atomic mass is 16.2. The number of anilines is 2. The molecule has 4 N–H and O–H groups in total. The molecule has 6 rings (SSSR count). The van der Waals surface area contributed by atoms with Crippen LogP contribution in [0.4, 0.5) is 11.5 Å². The van der Waals surface area contributed by atoms with Crippen molar-refractivity contribution in [3.05, 3.63) is 53.2 Å². The number of hydrogen-bond donors (Lipinski definition) is 3. The van der Waals surface area contributed by atoms with E-state index in [0.717, 1.165) is 44.5 Å². The quantitative estimate of drug-likeness (QED) is 0.315. The second-order valence-corrected chi connectivity index (χ2v) is 12.8. The molecule has 8 nitrogen and oxygen atoms in total. The summed E-state index contributed by atoms with van der Waals surface area (Å²) in [6.45, 7) is 0.789. The van der Waals surface area contributed by atoms with Crippen LogP contribution in [0.25, 0.3) is 0 Å². The van der Waals surface area contributed by atoms with Gasteiger partial charge in [0.25, 0.3) is 11.8 Å². The van der Waals surface area contributed by atoms with Gasteiger partial charge in [-0.2, -0.15) is 0 Å². The van der Waals surface area contributed by atoms with Crippen molar-refractivity contribution < 1.29 is 14.4 Å². The van der Waals surface area contributed by atoms with Gasteiger partial charge in [-0.05, 0) is 87.1 Å². The van der Waals surface area contributed by atoms with Crippen LogP contribution in [-0.2, 0) is 0 Å². The molecule has 2 saturated heterocycles. The highest BCUT2D eigenvalue weighted by Crippen LogP contribution is 2.39. The van der Waals surface area contributed by atoms with Gasteiger partial charge >= 0.3 is 0 Å². The molecule has 2 aliphatic carbocycles. The fraction of sp³-hybridized carbons (Fsp3) is 0.576. The molecule has 1 aromatic heterocycles. The minimum absolute atomic E-state index is 0.0792. The number of Topliss-reactive ketones (excluding diaryl/α,β-unsaturated/α-hetero) is 1. The maximum absolute atomic E-state index is 13.2. The van der Waals surface area contributed by atoms with Gasteiger partial charge in [0.05, 0.1) is 5.56 Å². The fourth-order valence-electron chi connectivity index (χ4n) is 7.22. The summed E-state index contributed by atoms with van der Waals surface area (Å²) in [7, 11) is 0. The fourth-order valence-corrected chi connectivity index (χ4v) is 7.22. The molecule has 2 unspecified atom stereocenters. The third-order valence-corrected chi connectivity index (χ3v) is 9.73. The molecule has 4 fully saturated rings. The molecular formula is C33H43N5O3. The number of primary amides is 1. The number of aromatic nitrogens is 1. The molecule has 2 aliphatic heterocycles. The van der Waals surface area contributed by atoms with Gasteiger partial charge in [-0.1, -0.05) is 32.1 Å². The van der Waals surface area contributed by atoms with Crippen molar-refractivity contribution in [1.29, 1.82) is 0 Å². The number of carbonyl (C=O) groups is 3. The van der Waals surface area contributed by atoms with E-state index in [1.165, 1.54) is 44.9 Å². The summed E-state index contributed by atoms with van der Waals surface area (Å²) >= 11 is 0. The number of amides is 2. The molecule has 218 valence electrons. The lowest BCUT2D eigenvalue weighted by atomic mass is 9.85. The Bertz CT molecular complexity index is 1250. The lowest BCUT2D eigenvalue weighted by molar-refractivity contribution is 0.0924. The summed E-state index contributed by atoms with van der Waals surface area (Å²) in [4.78, 5) is 45.1. The summed E-state index contributed by atoms with van der Waals surface area (Å²) in [6.07, 6.45) is 16.1. The van der Waals surface area contributed by atoms with Crippen molar-refractivity contribution in [2.24, 2.45) is 17.6 Å². The van der Waals surface area contributed by atoms with Gasteiger partial charge in [0.2, 0.25) is 0 Å². The molecule has 3 heterocycles. The molecule has 0 spiro atoms. The van der Waals surface area contributed by atoms with E-state index < -0.39 is 5.91 Å². The van der Waals surface area contributed by atoms with Crippen molar-refractivity contribution >= 4 is 29.1 Å². The number of benzene rings is 1. The summed E-state index contributed by atoms with van der Waals surface area (Å²) < 4.78 is 0. The molecule has 2 atom stereocenters. The average Bonchev–Trinajstić information content (AvgIpc) is 3.78. The van der Waals surface area contributed by atoms with E-state index in [1.54, 1.807) is 24.4 Å². The Labute approximate surface area is 242 Å². The second-order valence-electron chi connectivity index (χ2n) is 12.8. The van der Waals surface area contributed by atoms with Crippen molar-refractivity contribution in [2.75, 3.05) is 16.8 Å². The maximum atomic E-state index is 13.2. The van der Waals surface area contributed by atoms with Crippen LogP contribution in [0, 0.1) is 11.8 Å². The molecule has 2 amide bonds. The number of hydrogen-bond acceptors (Lipinski definition) is 6. The zero-order chi connectivity index (χ0) is 28.3. The molecule has 4 aliphatic rings. The molecule has 2 aromatic rings. The first-order valence-electron chi connectivity index (χ1n) is 15.7. The van der Waals surface area contributed by atoms with Gasteiger partial charge in [-0.15, -0.1) is 0 Å². The van der Waals surface area contributed by atoms with E-state index >= 15 is 0 Å². The van der Waals surface area contributed by atoms with E-state index in [-0.39, 0.29) is 17.7 Å². The molecule has 2 saturated carbocycles. The molecule has 0 radical (unpaired) electrons. The topological polar surface area (TPSA) is 117 Å². The molecule has 41 heavy (non-hydrogen) atoms. The van der Waals surface area contributed by atoms with Gasteiger partial charge in [0.15, 0.2) is 5.78 Å². The number of fused-ring (bicyclic) bond motifs is 2. The van der Waals surface area contributed by atoms with Crippen molar-refractivity contribution in [3.63, 3.8) is 0 Å². The Morgan fingerprint density at radius 2 is 1.61 bits per heavy atom. The standard InChI is InChI=1S/C33H43N5O3/c34-32(40)28-13-9-23(16-29(28)35-19-22-6-7-22)33(41)37-25-17-26-11-12-27(18-25)38(26)31-15-10-24(20-36-31)30(39)14-8-21-4-2-1-3-5-21/h9-10,13,15-16,20-22,25-27,35H,1-8,11-12,14,17-19H2,(H2,34,40)(H,37,41). The van der Waals surface area contributed by atoms with Crippen LogP contribution in [0.3, 0.4) is 0 Å². The van der Waals surface area contributed by atoms with Crippen LogP contribution in [-0.4, -0.2) is 47.3 Å². The second kappa shape index (κ2) is 12.2. The molecule has 8 heteroatoms. The lowest BCUT2D eigenvalue weighted by Gasteiger charge is -2.40. The van der Waals surface area contributed by atoms with Crippen LogP contribution >= 0.6 is 0 Å². The predicted molar refractivity (Wildman–Crippen MR) is 160 cm³/mol. The molecule has 2 bridgehead atoms. The number of nitrogens with two attached hydrogens (primary N) is 1. The van der Waals surface area contributed by atoms with E-state index in [1.807, 2.05) is 12.1 Å². The normalized spacial score (nSPS) is 24.2. The van der Waals surface area contributed by atoms with Crippen LogP contribution in [0.5, 0.6) is 0 Å². The van der Waals surface area contributed by atoms with Crippen LogP contribution in [0.1, 0.15) is 115 Å². The summed E-state index contributed by atoms with van der Waals surface area (Å²) in [5.74, 6) is 1.85. The number of piperidine rings is 1. The number of rotatable bonds is 11. The first-order chi connectivity index (χ1) is 19.9. The Morgan fingerprint density at radius 3 is 2.27 bits per heavy atom. The third kappa shape index (κ3) is 6.57. The summed E-state index contributed by atoms with van der Waals surface area (Å²) in [6, 6.07) is 9.75. The lowest BCUT2D eigenvalue weighted by Crippen LogP contribution is -2.50. The van der Waals surface area contributed by atoms with E-state index in [0.29, 0.717) is 52.7 Å². The van der Waals surface area contributed by atoms with Crippen LogP contribution < -0.4 is 21.3 Å². The first-order valence-corrected chi connectivity index (χ1v) is 15.7. The summed E-state index contributed by atoms with van der Waals surface area (Å²) in [5.41, 5.74) is 7.87. The molecular weight excluding hydrogens is 514 g/mol. The van der Waals surface area contributed by atoms with E-state index in [2.05, 4.69) is 15.5 Å². The SMILES string of the molecule is NC(=O)c1ccc(C(=O)NC2CC3CCC(C2)N3c2ccc(C(=O)CCC3CCCCC3)cn2)cc1NCC1CC1. The Morgan fingerprint density at radius 1 is 0.878 bits per heavy atom. The Kier molecular flexibility index (Phi) is 8.26. The van der Waals surface area contributed by atoms with E-state index in [9.17, 15) is 14.4 Å². The number of nitrogens with one attached hydrogen (secondary N) is 2. The predicted octanol–water partition coefficient (Wildman–Crippen LogP) is 5.48. The van der Waals surface area contributed by atoms with Gasteiger partial charge in [0, 0.05) is 54.1 Å². The maximum Gasteiger partial charge on any atom is 0.251 e. The number of ketones is 1. The van der Waals surface area contributed by atoms with Crippen LogP contribution in [0.15, 0.2) is 36.5 Å². The number of pyridine rings is 1. The highest BCUT2D eigenvalue weighted by Gasteiger charge is 2.42. The van der Waals surface area contributed by atoms with Crippen molar-refractivity contribution in [1.82, 2.24) is 10.3 Å². The Hall–Kier alpha value is -3.42. The van der Waals surface area contributed by atoms with Gasteiger partial charge < -0.3 is 21.3 Å². The largest absolute Gasteiger partial charge is 0.384 e. The smallest absolute Gasteiger partial charge is 0.251 e. The summed E-state index contributed by atoms with van der Waals surface area (Å²) in [5, 5.41) is 6.57. The highest BCUT2D eigenvalue weighted by molar-refractivity contribution is 6.02.